The summed E-state index contributed by atoms with van der Waals surface area (Å²) in [7, 11) is 1.34. The third kappa shape index (κ3) is 5.46. The number of pyridine rings is 1. The summed E-state index contributed by atoms with van der Waals surface area (Å²) in [6.07, 6.45) is 1.32. The fourth-order valence-corrected chi connectivity index (χ4v) is 3.07. The Balaban J connectivity index is 1.73. The fraction of sp³-hybridized carbons (Fsp3) is 0.167. The zero-order chi connectivity index (χ0) is 22.9. The number of carbonyl (C=O) groups is 2. The first kappa shape index (κ1) is 22.4. The van der Waals surface area contributed by atoms with Crippen LogP contribution in [0.2, 0.25) is 0 Å². The van der Waals surface area contributed by atoms with Crippen LogP contribution in [0, 0.1) is 17.1 Å². The van der Waals surface area contributed by atoms with Crippen LogP contribution in [0.4, 0.5) is 15.9 Å². The van der Waals surface area contributed by atoms with Crippen molar-refractivity contribution < 1.29 is 18.7 Å². The minimum absolute atomic E-state index is 0.0290. The van der Waals surface area contributed by atoms with Crippen LogP contribution >= 0.6 is 0 Å². The van der Waals surface area contributed by atoms with Crippen molar-refractivity contribution in [1.82, 2.24) is 4.98 Å². The van der Waals surface area contributed by atoms with E-state index in [1.54, 1.807) is 12.1 Å². The quantitative estimate of drug-likeness (QED) is 0.507. The van der Waals surface area contributed by atoms with E-state index in [1.807, 2.05) is 42.5 Å². The van der Waals surface area contributed by atoms with E-state index < -0.39 is 17.7 Å². The van der Waals surface area contributed by atoms with Gasteiger partial charge in [-0.2, -0.15) is 5.26 Å². The van der Waals surface area contributed by atoms with Crippen LogP contribution in [0.3, 0.4) is 0 Å². The molecular formula is C24H21FN4O3. The van der Waals surface area contributed by atoms with Crippen LogP contribution in [0.15, 0.2) is 60.8 Å². The molecule has 1 heterocycles. The van der Waals surface area contributed by atoms with Gasteiger partial charge in [-0.15, -0.1) is 0 Å². The number of carbonyl (C=O) groups excluding carboxylic acids is 2. The Hall–Kier alpha value is -4.25. The average molecular weight is 432 g/mol. The number of anilines is 2. The van der Waals surface area contributed by atoms with Crippen LogP contribution in [0.25, 0.3) is 11.1 Å². The number of halogens is 1. The molecule has 3 aromatic rings. The van der Waals surface area contributed by atoms with E-state index in [-0.39, 0.29) is 24.3 Å². The van der Waals surface area contributed by atoms with Crippen LogP contribution in [0.1, 0.15) is 28.8 Å². The summed E-state index contributed by atoms with van der Waals surface area (Å²) in [6, 6.07) is 17.7. The first-order valence-electron chi connectivity index (χ1n) is 9.85. The predicted molar refractivity (Wildman–Crippen MR) is 118 cm³/mol. The number of amides is 1. The number of nitrogens with zero attached hydrogens (tertiary/aromatic N) is 2. The van der Waals surface area contributed by atoms with E-state index in [1.165, 1.54) is 13.3 Å². The Morgan fingerprint density at radius 1 is 1.12 bits per heavy atom. The van der Waals surface area contributed by atoms with Crippen LogP contribution in [-0.2, 0) is 16.1 Å². The third-order valence-corrected chi connectivity index (χ3v) is 4.69. The number of benzene rings is 2. The minimum atomic E-state index is -0.623. The summed E-state index contributed by atoms with van der Waals surface area (Å²) < 4.78 is 19.1. The normalized spacial score (nSPS) is 10.2. The van der Waals surface area contributed by atoms with Gasteiger partial charge in [0.25, 0.3) is 0 Å². The molecule has 0 saturated carbocycles. The van der Waals surface area contributed by atoms with Crippen molar-refractivity contribution in [2.45, 2.75) is 19.4 Å². The highest BCUT2D eigenvalue weighted by Crippen LogP contribution is 2.26. The number of hydrogen-bond donors (Lipinski definition) is 2. The molecule has 2 aromatic carbocycles. The van der Waals surface area contributed by atoms with E-state index >= 15 is 0 Å². The molecule has 2 N–H and O–H groups in total. The van der Waals surface area contributed by atoms with Crippen LogP contribution in [-0.4, -0.2) is 24.0 Å². The molecule has 8 heteroatoms. The molecule has 0 unspecified atom stereocenters. The SMILES string of the molecule is COC(=O)c1ccccc1-c1ccc(CNc2nccc(F)c2NC(=O)CCC#N)cc1. The second-order valence-electron chi connectivity index (χ2n) is 6.81. The summed E-state index contributed by atoms with van der Waals surface area (Å²) >= 11 is 0. The maximum Gasteiger partial charge on any atom is 0.338 e. The monoisotopic (exact) mass is 432 g/mol. The minimum Gasteiger partial charge on any atom is -0.465 e. The summed E-state index contributed by atoms with van der Waals surface area (Å²) in [4.78, 5) is 28.0. The largest absolute Gasteiger partial charge is 0.465 e. The molecule has 32 heavy (non-hydrogen) atoms. The Morgan fingerprint density at radius 2 is 1.88 bits per heavy atom. The highest BCUT2D eigenvalue weighted by Gasteiger charge is 2.14. The topological polar surface area (TPSA) is 104 Å². The van der Waals surface area contributed by atoms with Gasteiger partial charge in [-0.05, 0) is 28.8 Å². The van der Waals surface area contributed by atoms with Gasteiger partial charge in [-0.1, -0.05) is 42.5 Å². The number of rotatable bonds is 8. The van der Waals surface area contributed by atoms with E-state index in [2.05, 4.69) is 15.6 Å². The molecule has 162 valence electrons. The van der Waals surface area contributed by atoms with Crippen molar-refractivity contribution in [2.75, 3.05) is 17.7 Å². The average Bonchev–Trinajstić information content (AvgIpc) is 2.83. The number of methoxy groups -OCH3 is 1. The second-order valence-corrected chi connectivity index (χ2v) is 6.81. The molecule has 0 atom stereocenters. The van der Waals surface area contributed by atoms with Gasteiger partial charge >= 0.3 is 5.97 Å². The van der Waals surface area contributed by atoms with Crippen molar-refractivity contribution in [3.63, 3.8) is 0 Å². The van der Waals surface area contributed by atoms with Crippen molar-refractivity contribution >= 4 is 23.4 Å². The lowest BCUT2D eigenvalue weighted by Gasteiger charge is -2.13. The number of aromatic nitrogens is 1. The highest BCUT2D eigenvalue weighted by molar-refractivity contribution is 5.97. The van der Waals surface area contributed by atoms with Gasteiger partial charge in [0.05, 0.1) is 18.7 Å². The van der Waals surface area contributed by atoms with Crippen LogP contribution in [0.5, 0.6) is 0 Å². The molecule has 0 aliphatic carbocycles. The number of nitriles is 1. The summed E-state index contributed by atoms with van der Waals surface area (Å²) in [5.74, 6) is -1.30. The number of nitrogens with one attached hydrogen (secondary N) is 2. The molecule has 0 spiro atoms. The van der Waals surface area contributed by atoms with Gasteiger partial charge in [0, 0.05) is 25.6 Å². The van der Waals surface area contributed by atoms with E-state index in [4.69, 9.17) is 10.00 Å². The molecule has 1 amide bonds. The van der Waals surface area contributed by atoms with Crippen molar-refractivity contribution in [1.29, 1.82) is 5.26 Å². The molecule has 0 fully saturated rings. The van der Waals surface area contributed by atoms with Gasteiger partial charge in [-0.3, -0.25) is 4.79 Å². The van der Waals surface area contributed by atoms with E-state index in [0.29, 0.717) is 12.1 Å². The maximum absolute atomic E-state index is 14.2. The number of esters is 1. The first-order chi connectivity index (χ1) is 15.5. The predicted octanol–water partition coefficient (Wildman–Crippen LogP) is 4.53. The molecule has 1 aromatic heterocycles. The van der Waals surface area contributed by atoms with Gasteiger partial charge in [0.15, 0.2) is 11.6 Å². The maximum atomic E-state index is 14.2. The highest BCUT2D eigenvalue weighted by atomic mass is 19.1. The van der Waals surface area contributed by atoms with E-state index in [9.17, 15) is 14.0 Å². The lowest BCUT2D eigenvalue weighted by atomic mass is 9.98. The third-order valence-electron chi connectivity index (χ3n) is 4.69. The Kier molecular flexibility index (Phi) is 7.49. The van der Waals surface area contributed by atoms with Gasteiger partial charge in [0.2, 0.25) is 5.91 Å². The molecule has 3 rings (SSSR count). The fourth-order valence-electron chi connectivity index (χ4n) is 3.07. The molecule has 7 nitrogen and oxygen atoms in total. The van der Waals surface area contributed by atoms with Crippen molar-refractivity contribution in [3.8, 4) is 17.2 Å². The Bertz CT molecular complexity index is 1160. The molecular weight excluding hydrogens is 411 g/mol. The van der Waals surface area contributed by atoms with Crippen LogP contribution < -0.4 is 10.6 Å². The molecule has 0 radical (unpaired) electrons. The standard InChI is InChI=1S/C24H21FN4O3/c1-32-24(31)19-6-3-2-5-18(19)17-10-8-16(9-11-17)15-28-23-22(20(25)12-14-27-23)29-21(30)7-4-13-26/h2-3,5-6,8-12,14H,4,7,15H2,1H3,(H,27,28)(H,29,30). The van der Waals surface area contributed by atoms with Gasteiger partial charge < -0.3 is 15.4 Å². The lowest BCUT2D eigenvalue weighted by molar-refractivity contribution is -0.116. The summed E-state index contributed by atoms with van der Waals surface area (Å²) in [5.41, 5.74) is 2.91. The van der Waals surface area contributed by atoms with E-state index in [0.717, 1.165) is 22.8 Å². The molecule has 0 bridgehead atoms. The molecule has 0 aliphatic rings. The second kappa shape index (κ2) is 10.7. The van der Waals surface area contributed by atoms with Crippen molar-refractivity contribution in [2.24, 2.45) is 0 Å². The zero-order valence-corrected chi connectivity index (χ0v) is 17.4. The number of hydrogen-bond acceptors (Lipinski definition) is 6. The first-order valence-corrected chi connectivity index (χ1v) is 9.85. The Labute approximate surface area is 184 Å². The van der Waals surface area contributed by atoms with Crippen molar-refractivity contribution in [3.05, 3.63) is 77.7 Å². The Morgan fingerprint density at radius 3 is 2.59 bits per heavy atom. The zero-order valence-electron chi connectivity index (χ0n) is 17.4. The summed E-state index contributed by atoms with van der Waals surface area (Å²) in [6.45, 7) is 0.330. The summed E-state index contributed by atoms with van der Waals surface area (Å²) in [5, 5.41) is 14.1. The lowest BCUT2D eigenvalue weighted by Crippen LogP contribution is -2.15. The van der Waals surface area contributed by atoms with Gasteiger partial charge in [-0.25, -0.2) is 14.2 Å². The molecule has 0 saturated heterocycles. The van der Waals surface area contributed by atoms with Gasteiger partial charge in [0.1, 0.15) is 5.69 Å². The smallest absolute Gasteiger partial charge is 0.338 e. The number of ether oxygens (including phenoxy) is 1. The molecule has 0 aliphatic heterocycles.